The van der Waals surface area contributed by atoms with Crippen LogP contribution in [0, 0.1) is 12.3 Å². The second-order valence-corrected chi connectivity index (χ2v) is 11.5. The van der Waals surface area contributed by atoms with Crippen molar-refractivity contribution in [3.63, 3.8) is 0 Å². The van der Waals surface area contributed by atoms with E-state index in [9.17, 15) is 22.8 Å². The maximum atomic E-state index is 14.1. The van der Waals surface area contributed by atoms with Crippen molar-refractivity contribution in [2.75, 3.05) is 30.5 Å². The largest absolute Gasteiger partial charge is 0.497 e. The molecule has 1 heterocycles. The number of benzene rings is 3. The molecule has 0 saturated carbocycles. The SMILES string of the molecule is COc1cc(NC(C(=O)N2CCc3cc(C)c(C(F)(F)F)cc32)c2ccc(Cl)cc2)cc(OCCC(C)(C)C(C)=O)c1. The third kappa shape index (κ3) is 7.01. The number of ketones is 1. The highest BCUT2D eigenvalue weighted by atomic mass is 35.5. The number of methoxy groups -OCH3 is 1. The Morgan fingerprint density at radius 1 is 1.05 bits per heavy atom. The number of Topliss-reactive ketones (excluding diaryl/α,β-unsaturated/α-hetero) is 1. The van der Waals surface area contributed by atoms with Crippen LogP contribution in [-0.4, -0.2) is 32.0 Å². The molecule has 0 saturated heterocycles. The Bertz CT molecular complexity index is 1470. The molecular formula is C32H34ClF3N2O4. The number of carbonyl (C=O) groups is 2. The Morgan fingerprint density at radius 2 is 1.71 bits per heavy atom. The standard InChI is InChI=1S/C32H34ClF3N2O4/c1-19-14-22-10-12-38(28(22)18-27(19)32(34,35)36)30(40)29(21-6-8-23(33)9-7-21)37-24-15-25(41-5)17-26(16-24)42-13-11-31(3,4)20(2)39/h6-9,14-18,29,37H,10-13H2,1-5H3. The second-order valence-electron chi connectivity index (χ2n) is 11.1. The summed E-state index contributed by atoms with van der Waals surface area (Å²) < 4.78 is 52.6. The Balaban J connectivity index is 1.66. The first kappa shape index (κ1) is 31.2. The van der Waals surface area contributed by atoms with Crippen molar-refractivity contribution in [3.05, 3.63) is 81.9 Å². The fourth-order valence-corrected chi connectivity index (χ4v) is 4.94. The van der Waals surface area contributed by atoms with Gasteiger partial charge in [-0.05, 0) is 61.6 Å². The number of carbonyl (C=O) groups excluding carboxylic acids is 2. The molecule has 0 aromatic heterocycles. The molecule has 1 N–H and O–H groups in total. The van der Waals surface area contributed by atoms with Crippen LogP contribution in [0.5, 0.6) is 11.5 Å². The molecule has 3 aromatic rings. The summed E-state index contributed by atoms with van der Waals surface area (Å²) in [5, 5.41) is 3.73. The Morgan fingerprint density at radius 3 is 2.33 bits per heavy atom. The zero-order chi connectivity index (χ0) is 30.8. The van der Waals surface area contributed by atoms with Gasteiger partial charge < -0.3 is 19.7 Å². The lowest BCUT2D eigenvalue weighted by Gasteiger charge is -2.27. The number of amides is 1. The fraction of sp³-hybridized carbons (Fsp3) is 0.375. The molecule has 3 aromatic carbocycles. The number of nitrogens with one attached hydrogen (secondary N) is 1. The number of alkyl halides is 3. The maximum Gasteiger partial charge on any atom is 0.416 e. The Labute approximate surface area is 248 Å². The molecule has 0 bridgehead atoms. The first-order chi connectivity index (χ1) is 19.7. The van der Waals surface area contributed by atoms with Crippen LogP contribution in [0.15, 0.2) is 54.6 Å². The van der Waals surface area contributed by atoms with Crippen molar-refractivity contribution in [1.82, 2.24) is 0 Å². The molecule has 1 atom stereocenters. The number of nitrogens with zero attached hydrogens (tertiary/aromatic N) is 1. The summed E-state index contributed by atoms with van der Waals surface area (Å²) in [6.07, 6.45) is -3.59. The summed E-state index contributed by atoms with van der Waals surface area (Å²) in [6.45, 7) is 7.22. The van der Waals surface area contributed by atoms with Crippen molar-refractivity contribution < 1.29 is 32.2 Å². The summed E-state index contributed by atoms with van der Waals surface area (Å²) >= 11 is 6.11. The van der Waals surface area contributed by atoms with Crippen LogP contribution in [0.2, 0.25) is 5.02 Å². The van der Waals surface area contributed by atoms with Gasteiger partial charge in [-0.2, -0.15) is 13.2 Å². The summed E-state index contributed by atoms with van der Waals surface area (Å²) in [5.41, 5.74) is 0.841. The smallest absolute Gasteiger partial charge is 0.416 e. The molecule has 4 rings (SSSR count). The van der Waals surface area contributed by atoms with Crippen LogP contribution in [0.4, 0.5) is 24.5 Å². The van der Waals surface area contributed by atoms with Gasteiger partial charge in [0.25, 0.3) is 5.91 Å². The van der Waals surface area contributed by atoms with Crippen molar-refractivity contribution >= 4 is 34.7 Å². The molecular weight excluding hydrogens is 569 g/mol. The number of aryl methyl sites for hydroxylation is 1. The highest BCUT2D eigenvalue weighted by molar-refractivity contribution is 6.30. The summed E-state index contributed by atoms with van der Waals surface area (Å²) in [4.78, 5) is 27.4. The van der Waals surface area contributed by atoms with Gasteiger partial charge in [-0.1, -0.05) is 43.6 Å². The van der Waals surface area contributed by atoms with Crippen molar-refractivity contribution in [2.45, 2.75) is 52.8 Å². The van der Waals surface area contributed by atoms with E-state index in [-0.39, 0.29) is 30.2 Å². The van der Waals surface area contributed by atoms with Crippen molar-refractivity contribution in [2.24, 2.45) is 5.41 Å². The third-order valence-corrected chi connectivity index (χ3v) is 7.97. The number of halogens is 4. The zero-order valence-electron chi connectivity index (χ0n) is 24.2. The number of rotatable bonds is 10. The minimum Gasteiger partial charge on any atom is -0.497 e. The maximum absolute atomic E-state index is 14.1. The minimum absolute atomic E-state index is 0.0596. The molecule has 0 aliphatic carbocycles. The van der Waals surface area contributed by atoms with E-state index in [2.05, 4.69) is 5.32 Å². The number of fused-ring (bicyclic) bond motifs is 1. The van der Waals surface area contributed by atoms with Crippen molar-refractivity contribution in [1.29, 1.82) is 0 Å². The lowest BCUT2D eigenvalue weighted by Crippen LogP contribution is -2.37. The minimum atomic E-state index is -4.54. The van der Waals surface area contributed by atoms with Crippen LogP contribution in [-0.2, 0) is 22.2 Å². The van der Waals surface area contributed by atoms with E-state index in [4.69, 9.17) is 21.1 Å². The predicted octanol–water partition coefficient (Wildman–Crippen LogP) is 7.80. The van der Waals surface area contributed by atoms with Crippen LogP contribution in [0.1, 0.15) is 55.5 Å². The predicted molar refractivity (Wildman–Crippen MR) is 158 cm³/mol. The highest BCUT2D eigenvalue weighted by Crippen LogP contribution is 2.40. The van der Waals surface area contributed by atoms with Gasteiger partial charge in [-0.15, -0.1) is 0 Å². The molecule has 224 valence electrons. The van der Waals surface area contributed by atoms with Crippen LogP contribution in [0.3, 0.4) is 0 Å². The van der Waals surface area contributed by atoms with E-state index in [1.165, 1.54) is 25.0 Å². The van der Waals surface area contributed by atoms with E-state index in [1.54, 1.807) is 49.4 Å². The normalized spacial score (nSPS) is 13.9. The first-order valence-electron chi connectivity index (χ1n) is 13.6. The number of hydrogen-bond acceptors (Lipinski definition) is 5. The summed E-state index contributed by atoms with van der Waals surface area (Å²) in [7, 11) is 1.50. The second kappa shape index (κ2) is 12.3. The number of hydrogen-bond donors (Lipinski definition) is 1. The van der Waals surface area contributed by atoms with Gasteiger partial charge in [0.05, 0.1) is 19.3 Å². The number of anilines is 2. The molecule has 1 aliphatic rings. The third-order valence-electron chi connectivity index (χ3n) is 7.72. The molecule has 10 heteroatoms. The van der Waals surface area contributed by atoms with Gasteiger partial charge in [-0.3, -0.25) is 9.59 Å². The molecule has 0 spiro atoms. The lowest BCUT2D eigenvalue weighted by atomic mass is 9.86. The Hall–Kier alpha value is -3.72. The van der Waals surface area contributed by atoms with E-state index in [1.807, 2.05) is 13.8 Å². The summed E-state index contributed by atoms with van der Waals surface area (Å²) in [5.74, 6) is 0.584. The van der Waals surface area contributed by atoms with Crippen molar-refractivity contribution in [3.8, 4) is 11.5 Å². The first-order valence-corrected chi connectivity index (χ1v) is 13.9. The van der Waals surface area contributed by atoms with Gasteiger partial charge in [0, 0.05) is 46.6 Å². The van der Waals surface area contributed by atoms with E-state index in [0.717, 1.165) is 6.07 Å². The van der Waals surface area contributed by atoms with Gasteiger partial charge in [0.15, 0.2) is 0 Å². The average molecular weight is 603 g/mol. The van der Waals surface area contributed by atoms with E-state index < -0.39 is 29.1 Å². The van der Waals surface area contributed by atoms with Gasteiger partial charge in [0.1, 0.15) is 23.3 Å². The Kier molecular flexibility index (Phi) is 9.11. The van der Waals surface area contributed by atoms with Crippen LogP contribution >= 0.6 is 11.6 Å². The van der Waals surface area contributed by atoms with Gasteiger partial charge in [0.2, 0.25) is 0 Å². The number of ether oxygens (including phenoxy) is 2. The summed E-state index contributed by atoms with van der Waals surface area (Å²) in [6, 6.07) is 13.4. The highest BCUT2D eigenvalue weighted by Gasteiger charge is 2.37. The molecule has 42 heavy (non-hydrogen) atoms. The van der Waals surface area contributed by atoms with E-state index in [0.29, 0.717) is 46.2 Å². The quantitative estimate of drug-likeness (QED) is 0.256. The monoisotopic (exact) mass is 602 g/mol. The lowest BCUT2D eigenvalue weighted by molar-refractivity contribution is -0.138. The molecule has 1 aliphatic heterocycles. The molecule has 0 radical (unpaired) electrons. The molecule has 1 unspecified atom stereocenters. The van der Waals surface area contributed by atoms with Gasteiger partial charge in [-0.25, -0.2) is 0 Å². The molecule has 1 amide bonds. The van der Waals surface area contributed by atoms with Crippen LogP contribution in [0.25, 0.3) is 0 Å². The van der Waals surface area contributed by atoms with Crippen LogP contribution < -0.4 is 19.7 Å². The van der Waals surface area contributed by atoms with E-state index >= 15 is 0 Å². The molecule has 6 nitrogen and oxygen atoms in total. The molecule has 0 fully saturated rings. The fourth-order valence-electron chi connectivity index (χ4n) is 4.82. The topological polar surface area (TPSA) is 67.9 Å². The van der Waals surface area contributed by atoms with Gasteiger partial charge >= 0.3 is 6.18 Å². The average Bonchev–Trinajstić information content (AvgIpc) is 3.33. The zero-order valence-corrected chi connectivity index (χ0v) is 24.9.